The number of piperidine rings is 1. The van der Waals surface area contributed by atoms with Gasteiger partial charge in [0.05, 0.1) is 18.3 Å². The van der Waals surface area contributed by atoms with E-state index in [0.29, 0.717) is 44.3 Å². The number of carbonyl (C=O) groups is 1. The first-order chi connectivity index (χ1) is 16.3. The highest BCUT2D eigenvalue weighted by Crippen LogP contribution is 2.29. The summed E-state index contributed by atoms with van der Waals surface area (Å²) in [6.45, 7) is 5.67. The highest BCUT2D eigenvalue weighted by atomic mass is 35.5. The fourth-order valence-electron chi connectivity index (χ4n) is 3.86. The van der Waals surface area contributed by atoms with Crippen molar-refractivity contribution in [3.63, 3.8) is 0 Å². The lowest BCUT2D eigenvalue weighted by Gasteiger charge is -2.32. The van der Waals surface area contributed by atoms with Crippen molar-refractivity contribution < 1.29 is 11.3 Å². The molecule has 1 aliphatic rings. The van der Waals surface area contributed by atoms with Crippen molar-refractivity contribution in [1.29, 1.82) is 0 Å². The first-order valence-corrected chi connectivity index (χ1v) is 12.0. The van der Waals surface area contributed by atoms with Crippen molar-refractivity contribution in [3.05, 3.63) is 51.7 Å². The predicted octanol–water partition coefficient (Wildman–Crippen LogP) is 4.80. The Hall–Kier alpha value is -2.75. The Morgan fingerprint density at radius 1 is 1.33 bits per heavy atom. The Bertz CT molecular complexity index is 1160. The molecule has 8 nitrogen and oxygen atoms in total. The molecule has 3 heterocycles. The molecular formula is C23H27ClN6O2S. The maximum Gasteiger partial charge on any atom is 0.267 e. The maximum absolute atomic E-state index is 12.7. The van der Waals surface area contributed by atoms with E-state index in [4.69, 9.17) is 13.0 Å². The molecular weight excluding hydrogens is 460 g/mol. The number of amides is 1. The molecule has 4 rings (SSSR count). The van der Waals surface area contributed by atoms with E-state index >= 15 is 0 Å². The number of rotatable bonds is 7. The van der Waals surface area contributed by atoms with Crippen molar-refractivity contribution in [2.75, 3.05) is 35.2 Å². The lowest BCUT2D eigenvalue weighted by molar-refractivity contribution is 0.103. The third kappa shape index (κ3) is 5.79. The Morgan fingerprint density at radius 3 is 2.85 bits per heavy atom. The second-order valence-corrected chi connectivity index (χ2v) is 9.51. The molecule has 1 aliphatic heterocycles. The van der Waals surface area contributed by atoms with E-state index in [1.807, 2.05) is 13.0 Å². The van der Waals surface area contributed by atoms with Gasteiger partial charge in [0.2, 0.25) is 0 Å². The van der Waals surface area contributed by atoms with E-state index in [1.54, 1.807) is 13.0 Å². The number of aryl methyl sites for hydroxylation is 2. The topological polar surface area (TPSA) is 103 Å². The molecule has 0 radical (unpaired) electrons. The van der Waals surface area contributed by atoms with Gasteiger partial charge in [-0.15, -0.1) is 0 Å². The number of halogens is 1. The highest BCUT2D eigenvalue weighted by molar-refractivity contribution is 7.17. The van der Waals surface area contributed by atoms with Crippen molar-refractivity contribution in [1.82, 2.24) is 15.0 Å². The predicted molar refractivity (Wildman–Crippen MR) is 133 cm³/mol. The maximum atomic E-state index is 12.7. The number of carbonyl (C=O) groups excluding carboxylic acids is 1. The Morgan fingerprint density at radius 2 is 2.12 bits per heavy atom. The van der Waals surface area contributed by atoms with E-state index in [2.05, 4.69) is 30.5 Å². The summed E-state index contributed by atoms with van der Waals surface area (Å²) in [5.41, 5.74) is 1.21. The van der Waals surface area contributed by atoms with Gasteiger partial charge in [-0.1, -0.05) is 35.0 Å². The molecule has 10 heteroatoms. The third-order valence-corrected chi connectivity index (χ3v) is 6.86. The molecule has 2 aromatic heterocycles. The monoisotopic (exact) mass is 487 g/mol. The Balaban J connectivity index is 1.43. The van der Waals surface area contributed by atoms with Crippen LogP contribution in [0, 0.1) is 19.8 Å². The van der Waals surface area contributed by atoms with Gasteiger partial charge in [0.1, 0.15) is 22.3 Å². The summed E-state index contributed by atoms with van der Waals surface area (Å²) < 4.78 is 7.72. The molecule has 1 saturated heterocycles. The first kappa shape index (κ1) is 22.1. The summed E-state index contributed by atoms with van der Waals surface area (Å²) in [5, 5.41) is 16.0. The van der Waals surface area contributed by atoms with Crippen LogP contribution in [0.4, 0.5) is 22.5 Å². The number of hydrogen-bond donors (Lipinski definition) is 3. The highest BCUT2D eigenvalue weighted by Gasteiger charge is 2.21. The lowest BCUT2D eigenvalue weighted by Crippen LogP contribution is -2.34. The number of aromatic nitrogens is 3. The number of para-hydroxylation sites is 1. The molecule has 0 aliphatic carbocycles. The Kier molecular flexibility index (Phi) is 6.99. The minimum Gasteiger partial charge on any atom is -0.396 e. The molecule has 0 saturated carbocycles. The first-order valence-electron chi connectivity index (χ1n) is 11.3. The smallest absolute Gasteiger partial charge is 0.267 e. The van der Waals surface area contributed by atoms with Crippen molar-refractivity contribution in [2.24, 2.45) is 5.92 Å². The van der Waals surface area contributed by atoms with Crippen LogP contribution in [0.5, 0.6) is 0 Å². The van der Waals surface area contributed by atoms with Gasteiger partial charge in [-0.25, -0.2) is 15.0 Å². The van der Waals surface area contributed by atoms with Crippen LogP contribution in [0.2, 0.25) is 5.02 Å². The van der Waals surface area contributed by atoms with Crippen LogP contribution < -0.4 is 15.5 Å². The zero-order chi connectivity index (χ0) is 24.2. The largest absolute Gasteiger partial charge is 0.396 e. The number of nitrogens with zero attached hydrogens (tertiary/aromatic N) is 4. The van der Waals surface area contributed by atoms with Gasteiger partial charge >= 0.3 is 0 Å². The molecule has 0 bridgehead atoms. The van der Waals surface area contributed by atoms with Crippen molar-refractivity contribution in [2.45, 2.75) is 33.1 Å². The molecule has 0 unspecified atom stereocenters. The molecule has 3 N–H and O–H groups in total. The van der Waals surface area contributed by atoms with Crippen LogP contribution in [0.3, 0.4) is 0 Å². The zero-order valence-corrected chi connectivity index (χ0v) is 20.1. The van der Waals surface area contributed by atoms with Gasteiger partial charge < -0.3 is 20.6 Å². The van der Waals surface area contributed by atoms with Crippen LogP contribution in [0.1, 0.15) is 41.7 Å². The number of hydrogen-bond acceptors (Lipinski definition) is 8. The summed E-state index contributed by atoms with van der Waals surface area (Å²) in [5.74, 6) is 2.36. The molecule has 0 spiro atoms. The fourth-order valence-corrected chi connectivity index (χ4v) is 4.84. The molecule has 3 aromatic rings. The number of aliphatic hydroxyl groups is 1. The number of thiazole rings is 1. The second kappa shape index (κ2) is 10.5. The average molecular weight is 488 g/mol. The van der Waals surface area contributed by atoms with Gasteiger partial charge in [-0.3, -0.25) is 4.79 Å². The minimum absolute atomic E-state index is 0.239. The standard InChI is InChI=1S/C23H27ClN6O2S/c1-14-4-3-5-17(24)21(14)29-22(32)18-13-25-23(33-18)28-19-12-20(27-15(2)26-19)30-9-6-16(7-10-30)8-11-31/h3-5,12-13,16,31H,6-11H2,1-2H3,(H,29,32)(H,25,26,27,28)/i3D. The fraction of sp³-hybridized carbons (Fsp3) is 0.391. The summed E-state index contributed by atoms with van der Waals surface area (Å²) in [4.78, 5) is 28.8. The van der Waals surface area contributed by atoms with Crippen LogP contribution in [0.15, 0.2) is 30.4 Å². The van der Waals surface area contributed by atoms with Gasteiger partial charge in [0.15, 0.2) is 5.13 Å². The molecule has 33 heavy (non-hydrogen) atoms. The number of aliphatic hydroxyl groups excluding tert-OH is 1. The molecule has 0 atom stereocenters. The quantitative estimate of drug-likeness (QED) is 0.439. The summed E-state index contributed by atoms with van der Waals surface area (Å²) in [6.07, 6.45) is 4.42. The number of benzene rings is 1. The molecule has 1 aromatic carbocycles. The summed E-state index contributed by atoms with van der Waals surface area (Å²) >= 11 is 7.42. The van der Waals surface area contributed by atoms with Gasteiger partial charge in [-0.2, -0.15) is 0 Å². The van der Waals surface area contributed by atoms with Crippen LogP contribution in [-0.2, 0) is 0 Å². The van der Waals surface area contributed by atoms with Crippen molar-refractivity contribution in [3.8, 4) is 0 Å². The van der Waals surface area contributed by atoms with Crippen LogP contribution in [-0.4, -0.2) is 45.7 Å². The van der Waals surface area contributed by atoms with Crippen molar-refractivity contribution >= 4 is 51.3 Å². The lowest BCUT2D eigenvalue weighted by atomic mass is 9.94. The minimum atomic E-state index is -0.321. The van der Waals surface area contributed by atoms with E-state index < -0.39 is 0 Å². The van der Waals surface area contributed by atoms with Crippen LogP contribution in [0.25, 0.3) is 0 Å². The molecule has 1 amide bonds. The van der Waals surface area contributed by atoms with E-state index in [0.717, 1.165) is 43.7 Å². The van der Waals surface area contributed by atoms with E-state index in [1.165, 1.54) is 23.6 Å². The van der Waals surface area contributed by atoms with E-state index in [9.17, 15) is 9.90 Å². The SMILES string of the molecule is [2H]c1cc(C)c(NC(=O)c2cnc(Nc3cc(N4CCC(CCO)CC4)nc(C)n3)s2)c(Cl)c1. The summed E-state index contributed by atoms with van der Waals surface area (Å²) in [6, 6.07) is 5.32. The summed E-state index contributed by atoms with van der Waals surface area (Å²) in [7, 11) is 0. The van der Waals surface area contributed by atoms with Gasteiger partial charge in [0, 0.05) is 25.8 Å². The number of nitrogens with one attached hydrogen (secondary N) is 2. The third-order valence-electron chi connectivity index (χ3n) is 5.65. The van der Waals surface area contributed by atoms with Gasteiger partial charge in [-0.05, 0) is 50.7 Å². The Labute approximate surface area is 203 Å². The zero-order valence-electron chi connectivity index (χ0n) is 19.6. The normalized spacial score (nSPS) is 14.8. The second-order valence-electron chi connectivity index (χ2n) is 8.07. The number of anilines is 4. The average Bonchev–Trinajstić information content (AvgIpc) is 3.25. The molecule has 1 fully saturated rings. The van der Waals surface area contributed by atoms with Crippen LogP contribution >= 0.6 is 22.9 Å². The molecule has 174 valence electrons. The van der Waals surface area contributed by atoms with E-state index in [-0.39, 0.29) is 12.5 Å². The van der Waals surface area contributed by atoms with Gasteiger partial charge in [0.25, 0.3) is 5.91 Å².